The number of likely N-dealkylation sites (tertiary alicyclic amines) is 2. The first-order valence-corrected chi connectivity index (χ1v) is 14.4. The first kappa shape index (κ1) is 27.4. The number of nitrogens with zero attached hydrogens (tertiary/aromatic N) is 5. The maximum atomic E-state index is 13.3. The predicted molar refractivity (Wildman–Crippen MR) is 153 cm³/mol. The molecule has 1 atom stereocenters. The Bertz CT molecular complexity index is 1320. The van der Waals surface area contributed by atoms with E-state index in [0.29, 0.717) is 36.9 Å². The monoisotopic (exact) mass is 552 g/mol. The van der Waals surface area contributed by atoms with E-state index >= 15 is 0 Å². The number of alkyl halides is 1. The van der Waals surface area contributed by atoms with Gasteiger partial charge in [-0.25, -0.2) is 4.98 Å². The third kappa shape index (κ3) is 6.36. The molecule has 2 amide bonds. The molecule has 5 rings (SSSR count). The van der Waals surface area contributed by atoms with Crippen LogP contribution in [0.1, 0.15) is 60.6 Å². The number of fused-ring (bicyclic) bond motifs is 1. The van der Waals surface area contributed by atoms with Crippen LogP contribution in [0.15, 0.2) is 36.5 Å². The number of aryl methyl sites for hydroxylation is 1. The van der Waals surface area contributed by atoms with Crippen molar-refractivity contribution in [1.82, 2.24) is 24.3 Å². The minimum atomic E-state index is -0.251. The summed E-state index contributed by atoms with van der Waals surface area (Å²) in [5.41, 5.74) is 2.89. The number of piperidine rings is 1. The molecule has 4 heterocycles. The van der Waals surface area contributed by atoms with Crippen molar-refractivity contribution >= 4 is 40.4 Å². The fourth-order valence-corrected chi connectivity index (χ4v) is 5.76. The molecular weight excluding hydrogens is 516 g/mol. The second kappa shape index (κ2) is 12.3. The number of ether oxygens (including phenoxy) is 1. The quantitative estimate of drug-likeness (QED) is 0.429. The number of benzene rings is 1. The highest BCUT2D eigenvalue weighted by Gasteiger charge is 2.29. The molecular formula is C29H37ClN6O3. The molecule has 2 fully saturated rings. The van der Waals surface area contributed by atoms with Gasteiger partial charge in [0.2, 0.25) is 11.9 Å². The summed E-state index contributed by atoms with van der Waals surface area (Å²) >= 11 is 5.91. The second-order valence-electron chi connectivity index (χ2n) is 10.6. The van der Waals surface area contributed by atoms with Crippen LogP contribution in [-0.4, -0.2) is 81.4 Å². The van der Waals surface area contributed by atoms with Gasteiger partial charge in [0.1, 0.15) is 17.4 Å². The lowest BCUT2D eigenvalue weighted by atomic mass is 10.1. The molecule has 0 unspecified atom stereocenters. The van der Waals surface area contributed by atoms with Gasteiger partial charge in [-0.1, -0.05) is 6.07 Å². The van der Waals surface area contributed by atoms with Gasteiger partial charge in [-0.3, -0.25) is 19.9 Å². The van der Waals surface area contributed by atoms with E-state index in [1.807, 2.05) is 30.0 Å². The molecule has 1 N–H and O–H groups in total. The van der Waals surface area contributed by atoms with Crippen molar-refractivity contribution in [1.29, 1.82) is 0 Å². The van der Waals surface area contributed by atoms with Crippen molar-refractivity contribution in [2.75, 3.05) is 44.4 Å². The van der Waals surface area contributed by atoms with Crippen LogP contribution in [0.2, 0.25) is 0 Å². The number of imidazole rings is 1. The Morgan fingerprint density at radius 3 is 2.72 bits per heavy atom. The van der Waals surface area contributed by atoms with Crippen LogP contribution in [0, 0.1) is 6.92 Å². The Morgan fingerprint density at radius 2 is 1.95 bits per heavy atom. The standard InChI is InChI=1S/C29H37ClN6O3/c1-20-18-21(10-14-31-20)28(38)33-29-32-24-7-5-8-25(39-23-11-16-34(2)17-12-23)27(24)36(29)22-6-3-4-15-35(19-22)26(37)9-13-30/h5,7-8,10,14,18,22-23H,3-4,6,9,11-13,15-17,19H2,1-2H3,(H,32,33,38)/t22-/m1/s1. The average molecular weight is 553 g/mol. The first-order valence-electron chi connectivity index (χ1n) is 13.9. The molecule has 39 heavy (non-hydrogen) atoms. The van der Waals surface area contributed by atoms with Crippen LogP contribution < -0.4 is 10.1 Å². The van der Waals surface area contributed by atoms with Crippen LogP contribution in [0.3, 0.4) is 0 Å². The number of hydrogen-bond acceptors (Lipinski definition) is 6. The number of rotatable bonds is 7. The lowest BCUT2D eigenvalue weighted by Gasteiger charge is -2.30. The molecule has 0 aliphatic carbocycles. The molecule has 9 nitrogen and oxygen atoms in total. The van der Waals surface area contributed by atoms with Gasteiger partial charge in [0, 0.05) is 55.9 Å². The molecule has 208 valence electrons. The van der Waals surface area contributed by atoms with Crippen molar-refractivity contribution in [3.05, 3.63) is 47.8 Å². The number of carbonyl (C=O) groups is 2. The summed E-state index contributed by atoms with van der Waals surface area (Å²) in [6.07, 6.45) is 6.71. The maximum Gasteiger partial charge on any atom is 0.258 e. The predicted octanol–water partition coefficient (Wildman–Crippen LogP) is 4.65. The Kier molecular flexibility index (Phi) is 8.67. The van der Waals surface area contributed by atoms with E-state index in [-0.39, 0.29) is 24.0 Å². The molecule has 3 aromatic rings. The summed E-state index contributed by atoms with van der Waals surface area (Å²) < 4.78 is 8.70. The van der Waals surface area contributed by atoms with Crippen LogP contribution in [0.25, 0.3) is 11.0 Å². The van der Waals surface area contributed by atoms with E-state index < -0.39 is 0 Å². The molecule has 0 spiro atoms. The van der Waals surface area contributed by atoms with E-state index in [1.165, 1.54) is 0 Å². The Morgan fingerprint density at radius 1 is 1.13 bits per heavy atom. The van der Waals surface area contributed by atoms with Gasteiger partial charge in [-0.05, 0) is 70.3 Å². The summed E-state index contributed by atoms with van der Waals surface area (Å²) in [6, 6.07) is 9.27. The summed E-state index contributed by atoms with van der Waals surface area (Å²) in [7, 11) is 2.13. The number of halogens is 1. The lowest BCUT2D eigenvalue weighted by Crippen LogP contribution is -2.36. The van der Waals surface area contributed by atoms with Gasteiger partial charge in [0.25, 0.3) is 5.91 Å². The van der Waals surface area contributed by atoms with Crippen LogP contribution in [-0.2, 0) is 4.79 Å². The highest BCUT2D eigenvalue weighted by molar-refractivity contribution is 6.18. The van der Waals surface area contributed by atoms with E-state index in [4.69, 9.17) is 21.3 Å². The van der Waals surface area contributed by atoms with Crippen LogP contribution in [0.4, 0.5) is 5.95 Å². The van der Waals surface area contributed by atoms with Crippen molar-refractivity contribution in [2.45, 2.75) is 57.6 Å². The molecule has 0 saturated carbocycles. The minimum Gasteiger partial charge on any atom is -0.488 e. The number of aromatic nitrogens is 3. The highest BCUT2D eigenvalue weighted by Crippen LogP contribution is 2.36. The molecule has 0 radical (unpaired) electrons. The Hall–Kier alpha value is -3.17. The number of anilines is 1. The van der Waals surface area contributed by atoms with Gasteiger partial charge in [-0.15, -0.1) is 11.6 Å². The van der Waals surface area contributed by atoms with Crippen LogP contribution >= 0.6 is 11.6 Å². The third-order valence-corrected chi connectivity index (χ3v) is 7.88. The number of hydrogen-bond donors (Lipinski definition) is 1. The smallest absolute Gasteiger partial charge is 0.258 e. The van der Waals surface area contributed by atoms with Gasteiger partial charge < -0.3 is 19.1 Å². The minimum absolute atomic E-state index is 0.0574. The van der Waals surface area contributed by atoms with Crippen molar-refractivity contribution in [2.24, 2.45) is 0 Å². The Labute approximate surface area is 234 Å². The molecule has 1 aromatic carbocycles. The Balaban J connectivity index is 1.55. The first-order chi connectivity index (χ1) is 18.9. The number of para-hydroxylation sites is 1. The molecule has 2 aromatic heterocycles. The van der Waals surface area contributed by atoms with E-state index in [1.54, 1.807) is 18.3 Å². The fourth-order valence-electron chi connectivity index (χ4n) is 5.59. The molecule has 2 aliphatic rings. The highest BCUT2D eigenvalue weighted by atomic mass is 35.5. The third-order valence-electron chi connectivity index (χ3n) is 7.69. The zero-order chi connectivity index (χ0) is 27.4. The number of amides is 2. The molecule has 0 bridgehead atoms. The summed E-state index contributed by atoms with van der Waals surface area (Å²) in [5, 5.41) is 3.07. The van der Waals surface area contributed by atoms with Crippen molar-refractivity contribution in [3.8, 4) is 5.75 Å². The maximum absolute atomic E-state index is 13.3. The zero-order valence-electron chi connectivity index (χ0n) is 22.7. The second-order valence-corrected chi connectivity index (χ2v) is 11.0. The van der Waals surface area contributed by atoms with Gasteiger partial charge >= 0.3 is 0 Å². The summed E-state index contributed by atoms with van der Waals surface area (Å²) in [5.74, 6) is 1.33. The van der Waals surface area contributed by atoms with Crippen molar-refractivity contribution in [3.63, 3.8) is 0 Å². The molecule has 2 saturated heterocycles. The molecule has 10 heteroatoms. The van der Waals surface area contributed by atoms with Gasteiger partial charge in [0.15, 0.2) is 0 Å². The molecule has 2 aliphatic heterocycles. The SMILES string of the molecule is Cc1cc(C(=O)Nc2nc3cccc(OC4CCN(C)CC4)c3n2[C@@H]2CCCCN(C(=O)CCCl)C2)ccn1. The average Bonchev–Trinajstić information content (AvgIpc) is 3.11. The van der Waals surface area contributed by atoms with Crippen LogP contribution in [0.5, 0.6) is 5.75 Å². The van der Waals surface area contributed by atoms with Gasteiger partial charge in [-0.2, -0.15) is 0 Å². The zero-order valence-corrected chi connectivity index (χ0v) is 23.5. The number of nitrogens with one attached hydrogen (secondary N) is 1. The number of pyridine rings is 1. The van der Waals surface area contributed by atoms with E-state index in [2.05, 4.69) is 26.8 Å². The summed E-state index contributed by atoms with van der Waals surface area (Å²) in [4.78, 5) is 39.5. The van der Waals surface area contributed by atoms with Crippen molar-refractivity contribution < 1.29 is 14.3 Å². The fraction of sp³-hybridized carbons (Fsp3) is 0.517. The summed E-state index contributed by atoms with van der Waals surface area (Å²) in [6.45, 7) is 5.08. The normalized spacial score (nSPS) is 19.2. The van der Waals surface area contributed by atoms with E-state index in [9.17, 15) is 9.59 Å². The number of carbonyl (C=O) groups excluding carboxylic acids is 2. The lowest BCUT2D eigenvalue weighted by molar-refractivity contribution is -0.131. The van der Waals surface area contributed by atoms with E-state index in [0.717, 1.165) is 67.7 Å². The largest absolute Gasteiger partial charge is 0.488 e. The topological polar surface area (TPSA) is 92.6 Å². The van der Waals surface area contributed by atoms with Gasteiger partial charge in [0.05, 0.1) is 11.6 Å².